The molecule has 5 rings (SSSR count). The van der Waals surface area contributed by atoms with E-state index in [0.29, 0.717) is 5.69 Å². The van der Waals surface area contributed by atoms with Crippen LogP contribution in [0.5, 0.6) is 0 Å². The number of hydrogen-bond donors (Lipinski definition) is 1. The minimum atomic E-state index is -3.30. The lowest BCUT2D eigenvalue weighted by molar-refractivity contribution is 0.352. The first-order valence-electron chi connectivity index (χ1n) is 9.85. The van der Waals surface area contributed by atoms with E-state index in [1.165, 1.54) is 12.7 Å². The molecule has 0 aliphatic heterocycles. The van der Waals surface area contributed by atoms with Crippen molar-refractivity contribution >= 4 is 31.9 Å². The molecular weight excluding hydrogens is 388 g/mol. The van der Waals surface area contributed by atoms with Crippen molar-refractivity contribution in [2.75, 3.05) is 6.26 Å². The van der Waals surface area contributed by atoms with E-state index in [-0.39, 0.29) is 16.6 Å². The molecule has 1 saturated carbocycles. The maximum absolute atomic E-state index is 13.6. The summed E-state index contributed by atoms with van der Waals surface area (Å²) in [7, 11) is -3.30. The molecule has 0 saturated heterocycles. The van der Waals surface area contributed by atoms with Crippen LogP contribution in [0.15, 0.2) is 52.4 Å². The topological polar surface area (TPSA) is 89.8 Å². The lowest BCUT2D eigenvalue weighted by atomic mass is 9.95. The van der Waals surface area contributed by atoms with E-state index in [9.17, 15) is 13.2 Å². The molecule has 0 atom stereocenters. The van der Waals surface area contributed by atoms with Gasteiger partial charge in [0.05, 0.1) is 27.8 Å². The minimum Gasteiger partial charge on any atom is -0.346 e. The third-order valence-electron chi connectivity index (χ3n) is 5.88. The van der Waals surface area contributed by atoms with Crippen LogP contribution < -0.4 is 5.69 Å². The molecule has 0 radical (unpaired) electrons. The molecule has 29 heavy (non-hydrogen) atoms. The molecule has 1 aliphatic rings. The molecule has 1 aromatic carbocycles. The molecule has 0 bridgehead atoms. The van der Waals surface area contributed by atoms with Crippen LogP contribution in [0.25, 0.3) is 27.8 Å². The van der Waals surface area contributed by atoms with Crippen LogP contribution in [0, 0.1) is 0 Å². The molecule has 0 spiro atoms. The first-order valence-corrected chi connectivity index (χ1v) is 11.7. The number of hydrogen-bond acceptors (Lipinski definition) is 4. The van der Waals surface area contributed by atoms with Gasteiger partial charge in [-0.15, -0.1) is 0 Å². The lowest BCUT2D eigenvalue weighted by Crippen LogP contribution is -2.28. The van der Waals surface area contributed by atoms with E-state index in [4.69, 9.17) is 0 Å². The number of benzene rings is 1. The molecule has 1 N–H and O–H groups in total. The number of imidazole rings is 1. The Morgan fingerprint density at radius 2 is 1.79 bits per heavy atom. The van der Waals surface area contributed by atoms with Gasteiger partial charge in [-0.05, 0) is 43.2 Å². The Bertz CT molecular complexity index is 1370. The highest BCUT2D eigenvalue weighted by molar-refractivity contribution is 7.90. The van der Waals surface area contributed by atoms with Crippen molar-refractivity contribution in [1.29, 1.82) is 0 Å². The van der Waals surface area contributed by atoms with E-state index in [1.807, 2.05) is 16.8 Å². The van der Waals surface area contributed by atoms with Gasteiger partial charge in [-0.2, -0.15) is 0 Å². The van der Waals surface area contributed by atoms with Gasteiger partial charge in [-0.1, -0.05) is 19.3 Å². The Kier molecular flexibility index (Phi) is 4.13. The fourth-order valence-corrected chi connectivity index (χ4v) is 5.11. The van der Waals surface area contributed by atoms with Gasteiger partial charge in [0.15, 0.2) is 9.84 Å². The quantitative estimate of drug-likeness (QED) is 0.559. The summed E-state index contributed by atoms with van der Waals surface area (Å²) in [6, 6.07) is 8.58. The maximum atomic E-state index is 13.6. The summed E-state index contributed by atoms with van der Waals surface area (Å²) < 4.78 is 27.2. The van der Waals surface area contributed by atoms with E-state index >= 15 is 0 Å². The van der Waals surface area contributed by atoms with Crippen LogP contribution in [-0.4, -0.2) is 33.8 Å². The summed E-state index contributed by atoms with van der Waals surface area (Å²) >= 11 is 0. The third-order valence-corrected chi connectivity index (χ3v) is 7.01. The standard InChI is InChI=1S/C21H22N4O3S/c1-29(27,28)16-9-7-15(8-10-16)24-18-13-23-20-17(11-12-22-20)19(18)25(21(24)26)14-5-3-2-4-6-14/h7-14H,2-6H2,1H3,(H,22,23). The molecule has 150 valence electrons. The molecule has 1 aliphatic carbocycles. The number of nitrogens with one attached hydrogen (secondary N) is 1. The van der Waals surface area contributed by atoms with E-state index < -0.39 is 9.84 Å². The summed E-state index contributed by atoms with van der Waals surface area (Å²) in [5.74, 6) is 0. The van der Waals surface area contributed by atoms with Crippen LogP contribution in [0.4, 0.5) is 0 Å². The van der Waals surface area contributed by atoms with Gasteiger partial charge >= 0.3 is 5.69 Å². The Morgan fingerprint density at radius 1 is 1.07 bits per heavy atom. The number of pyridine rings is 1. The number of H-pyrrole nitrogens is 1. The van der Waals surface area contributed by atoms with Crippen LogP contribution in [0.1, 0.15) is 38.1 Å². The second-order valence-electron chi connectivity index (χ2n) is 7.78. The molecular formula is C21H22N4O3S. The summed E-state index contributed by atoms with van der Waals surface area (Å²) in [4.78, 5) is 21.5. The smallest absolute Gasteiger partial charge is 0.334 e. The van der Waals surface area contributed by atoms with Crippen molar-refractivity contribution in [1.82, 2.24) is 19.1 Å². The average molecular weight is 410 g/mol. The SMILES string of the molecule is CS(=O)(=O)c1ccc(-n2c(=O)n(C3CCCCC3)c3c4cc[nH]c4ncc32)cc1. The normalized spacial score (nSPS) is 16.0. The van der Waals surface area contributed by atoms with Crippen LogP contribution >= 0.6 is 0 Å². The van der Waals surface area contributed by atoms with Gasteiger partial charge in [-0.3, -0.25) is 9.13 Å². The van der Waals surface area contributed by atoms with Crippen molar-refractivity contribution < 1.29 is 8.42 Å². The molecule has 8 heteroatoms. The molecule has 0 unspecified atom stereocenters. The summed E-state index contributed by atoms with van der Waals surface area (Å²) in [5, 5.41) is 0.927. The monoisotopic (exact) mass is 410 g/mol. The zero-order valence-corrected chi connectivity index (χ0v) is 16.9. The predicted octanol–water partition coefficient (Wildman–Crippen LogP) is 3.58. The van der Waals surface area contributed by atoms with E-state index in [0.717, 1.165) is 47.8 Å². The number of aromatic nitrogens is 4. The zero-order valence-electron chi connectivity index (χ0n) is 16.1. The second kappa shape index (κ2) is 6.59. The Morgan fingerprint density at radius 3 is 2.48 bits per heavy atom. The fraction of sp³-hybridized carbons (Fsp3) is 0.333. The van der Waals surface area contributed by atoms with Gasteiger partial charge in [-0.25, -0.2) is 18.2 Å². The predicted molar refractivity (Wildman–Crippen MR) is 112 cm³/mol. The summed E-state index contributed by atoms with van der Waals surface area (Å²) in [5.41, 5.74) is 2.92. The molecule has 3 aromatic heterocycles. The summed E-state index contributed by atoms with van der Waals surface area (Å²) in [6.07, 6.45) is 10.2. The molecule has 1 fully saturated rings. The molecule has 0 amide bonds. The average Bonchev–Trinajstić information content (AvgIpc) is 3.29. The number of fused-ring (bicyclic) bond motifs is 3. The van der Waals surface area contributed by atoms with E-state index in [2.05, 4.69) is 9.97 Å². The maximum Gasteiger partial charge on any atom is 0.334 e. The van der Waals surface area contributed by atoms with Gasteiger partial charge in [0, 0.05) is 23.9 Å². The van der Waals surface area contributed by atoms with Gasteiger partial charge in [0.2, 0.25) is 0 Å². The molecule has 4 aromatic rings. The van der Waals surface area contributed by atoms with Crippen molar-refractivity contribution in [2.24, 2.45) is 0 Å². The first kappa shape index (κ1) is 18.2. The minimum absolute atomic E-state index is 0.102. The van der Waals surface area contributed by atoms with Crippen molar-refractivity contribution in [3.05, 3.63) is 53.2 Å². The van der Waals surface area contributed by atoms with Gasteiger partial charge in [0.1, 0.15) is 5.65 Å². The lowest BCUT2D eigenvalue weighted by Gasteiger charge is -2.23. The van der Waals surface area contributed by atoms with Gasteiger partial charge < -0.3 is 4.98 Å². The van der Waals surface area contributed by atoms with Crippen LogP contribution in [0.3, 0.4) is 0 Å². The van der Waals surface area contributed by atoms with Crippen molar-refractivity contribution in [3.8, 4) is 5.69 Å². The Balaban J connectivity index is 1.80. The van der Waals surface area contributed by atoms with Gasteiger partial charge in [0.25, 0.3) is 0 Å². The fourth-order valence-electron chi connectivity index (χ4n) is 4.48. The van der Waals surface area contributed by atoms with Crippen LogP contribution in [-0.2, 0) is 9.84 Å². The third kappa shape index (κ3) is 2.90. The highest BCUT2D eigenvalue weighted by Crippen LogP contribution is 2.33. The molecule has 7 nitrogen and oxygen atoms in total. The van der Waals surface area contributed by atoms with E-state index in [1.54, 1.807) is 35.0 Å². The summed E-state index contributed by atoms with van der Waals surface area (Å²) in [6.45, 7) is 0. The van der Waals surface area contributed by atoms with Crippen LogP contribution in [0.2, 0.25) is 0 Å². The second-order valence-corrected chi connectivity index (χ2v) is 9.79. The Labute approximate surface area is 167 Å². The largest absolute Gasteiger partial charge is 0.346 e. The highest BCUT2D eigenvalue weighted by atomic mass is 32.2. The first-order chi connectivity index (χ1) is 13.9. The Hall–Kier alpha value is -2.87. The number of rotatable bonds is 3. The highest BCUT2D eigenvalue weighted by Gasteiger charge is 2.25. The number of sulfone groups is 1. The van der Waals surface area contributed by atoms with Crippen molar-refractivity contribution in [3.63, 3.8) is 0 Å². The van der Waals surface area contributed by atoms with Crippen molar-refractivity contribution in [2.45, 2.75) is 43.0 Å². The number of aromatic amines is 1. The number of nitrogens with zero attached hydrogens (tertiary/aromatic N) is 3. The zero-order chi connectivity index (χ0) is 20.2. The molecule has 3 heterocycles.